The van der Waals surface area contributed by atoms with Crippen LogP contribution in [-0.2, 0) is 4.79 Å². The van der Waals surface area contributed by atoms with E-state index in [9.17, 15) is 4.79 Å². The molecule has 0 aromatic heterocycles. The third-order valence-electron chi connectivity index (χ3n) is 3.59. The van der Waals surface area contributed by atoms with E-state index in [1.165, 1.54) is 16.2 Å². The Labute approximate surface area is 128 Å². The van der Waals surface area contributed by atoms with E-state index in [0.29, 0.717) is 0 Å². The Bertz CT molecular complexity index is 591. The topological polar surface area (TPSA) is 17.1 Å². The van der Waals surface area contributed by atoms with Crippen LogP contribution >= 0.6 is 23.5 Å². The highest BCUT2D eigenvalue weighted by molar-refractivity contribution is 8.22. The molecule has 0 bridgehead atoms. The molecule has 0 unspecified atom stereocenters. The molecule has 0 atom stereocenters. The molecule has 3 rings (SSSR count). The fourth-order valence-electron chi connectivity index (χ4n) is 2.58. The normalized spacial score (nSPS) is 21.9. The lowest BCUT2D eigenvalue weighted by molar-refractivity contribution is -0.111. The second kappa shape index (κ2) is 6.23. The van der Waals surface area contributed by atoms with E-state index in [1.54, 1.807) is 0 Å². The van der Waals surface area contributed by atoms with Gasteiger partial charge in [0.15, 0.2) is 5.78 Å². The van der Waals surface area contributed by atoms with E-state index in [4.69, 9.17) is 0 Å². The molecule has 3 heteroatoms. The minimum atomic E-state index is 0.281. The van der Waals surface area contributed by atoms with Crippen LogP contribution in [0.2, 0.25) is 0 Å². The number of benzene rings is 1. The van der Waals surface area contributed by atoms with E-state index in [0.717, 1.165) is 41.1 Å². The highest BCUT2D eigenvalue weighted by Gasteiger charge is 2.27. The number of hydrogen-bond acceptors (Lipinski definition) is 3. The first-order valence-electron chi connectivity index (χ1n) is 7.05. The van der Waals surface area contributed by atoms with Crippen molar-refractivity contribution in [1.82, 2.24) is 0 Å². The fraction of sp³-hybridized carbons (Fsp3) is 0.353. The van der Waals surface area contributed by atoms with Crippen molar-refractivity contribution in [3.63, 3.8) is 0 Å². The number of Topliss-reactive ketones (excluding diaryl/α,β-unsaturated/α-hetero) is 1. The summed E-state index contributed by atoms with van der Waals surface area (Å²) in [6, 6.07) is 8.34. The molecule has 0 amide bonds. The third kappa shape index (κ3) is 3.04. The van der Waals surface area contributed by atoms with Gasteiger partial charge in [0, 0.05) is 15.4 Å². The molecule has 1 heterocycles. The van der Waals surface area contributed by atoms with Crippen LogP contribution in [-0.4, -0.2) is 17.3 Å². The monoisotopic (exact) mass is 302 g/mol. The summed E-state index contributed by atoms with van der Waals surface area (Å²) >= 11 is 3.74. The van der Waals surface area contributed by atoms with Crippen molar-refractivity contribution in [1.29, 1.82) is 0 Å². The van der Waals surface area contributed by atoms with Crippen LogP contribution in [0.15, 0.2) is 39.6 Å². The first-order chi connectivity index (χ1) is 9.74. The molecule has 1 saturated carbocycles. The van der Waals surface area contributed by atoms with Crippen LogP contribution in [0.3, 0.4) is 0 Å². The van der Waals surface area contributed by atoms with Crippen molar-refractivity contribution in [3.05, 3.63) is 50.8 Å². The summed E-state index contributed by atoms with van der Waals surface area (Å²) in [6.07, 6.45) is 5.14. The van der Waals surface area contributed by atoms with Gasteiger partial charge in [-0.15, -0.1) is 23.5 Å². The van der Waals surface area contributed by atoms with Gasteiger partial charge in [0.05, 0.1) is 0 Å². The van der Waals surface area contributed by atoms with Crippen molar-refractivity contribution in [2.45, 2.75) is 26.2 Å². The van der Waals surface area contributed by atoms with Crippen LogP contribution in [0.4, 0.5) is 0 Å². The van der Waals surface area contributed by atoms with Crippen molar-refractivity contribution < 1.29 is 4.79 Å². The minimum Gasteiger partial charge on any atom is -0.289 e. The predicted molar refractivity (Wildman–Crippen MR) is 90.0 cm³/mol. The van der Waals surface area contributed by atoms with E-state index < -0.39 is 0 Å². The Morgan fingerprint density at radius 1 is 1.15 bits per heavy atom. The summed E-state index contributed by atoms with van der Waals surface area (Å²) < 4.78 is 1.29. The zero-order valence-corrected chi connectivity index (χ0v) is 13.3. The minimum absolute atomic E-state index is 0.281. The number of carbonyl (C=O) groups excluding carboxylic acids is 1. The lowest BCUT2D eigenvalue weighted by Gasteiger charge is -2.14. The molecule has 1 aromatic rings. The highest BCUT2D eigenvalue weighted by atomic mass is 32.2. The lowest BCUT2D eigenvalue weighted by atomic mass is 10.1. The Morgan fingerprint density at radius 2 is 1.95 bits per heavy atom. The second-order valence-corrected chi connectivity index (χ2v) is 7.70. The second-order valence-electron chi connectivity index (χ2n) is 5.23. The average molecular weight is 302 g/mol. The van der Waals surface area contributed by atoms with Gasteiger partial charge < -0.3 is 0 Å². The molecule has 1 aromatic carbocycles. The van der Waals surface area contributed by atoms with Crippen molar-refractivity contribution in [2.24, 2.45) is 0 Å². The number of allylic oxidation sites excluding steroid dienone is 2. The Balaban J connectivity index is 1.85. The maximum absolute atomic E-state index is 12.5. The summed E-state index contributed by atoms with van der Waals surface area (Å²) in [5.74, 6) is 2.61. The summed E-state index contributed by atoms with van der Waals surface area (Å²) in [5.41, 5.74) is 4.42. The quantitative estimate of drug-likeness (QED) is 0.692. The predicted octanol–water partition coefficient (Wildman–Crippen LogP) is 4.82. The number of ketones is 1. The van der Waals surface area contributed by atoms with Crippen LogP contribution in [0.1, 0.15) is 30.4 Å². The van der Waals surface area contributed by atoms with Crippen LogP contribution in [0.25, 0.3) is 6.08 Å². The van der Waals surface area contributed by atoms with Gasteiger partial charge in [0.1, 0.15) is 0 Å². The number of rotatable bonds is 1. The molecule has 20 heavy (non-hydrogen) atoms. The van der Waals surface area contributed by atoms with Gasteiger partial charge in [-0.05, 0) is 49.3 Å². The number of carbonyl (C=O) groups is 1. The van der Waals surface area contributed by atoms with Gasteiger partial charge in [-0.25, -0.2) is 0 Å². The fourth-order valence-corrected chi connectivity index (χ4v) is 5.28. The summed E-state index contributed by atoms with van der Waals surface area (Å²) in [6.45, 7) is 2.08. The molecule has 1 aliphatic heterocycles. The first kappa shape index (κ1) is 14.0. The maximum Gasteiger partial charge on any atom is 0.186 e. The highest BCUT2D eigenvalue weighted by Crippen LogP contribution is 2.42. The standard InChI is InChI=1S/C17H18OS2/c1-12-4-2-5-13(10-12)11-14-6-7-15(16(14)18)17-19-8-3-9-20-17/h2,4-5,10-11H,3,6-9H2,1H3/b14-11-. The zero-order valence-electron chi connectivity index (χ0n) is 11.6. The largest absolute Gasteiger partial charge is 0.289 e. The number of aryl methyl sites for hydroxylation is 1. The summed E-state index contributed by atoms with van der Waals surface area (Å²) in [4.78, 5) is 12.5. The van der Waals surface area contributed by atoms with Gasteiger partial charge >= 0.3 is 0 Å². The average Bonchev–Trinajstić information content (AvgIpc) is 2.81. The summed E-state index contributed by atoms with van der Waals surface area (Å²) in [5, 5.41) is 0. The molecule has 0 N–H and O–H groups in total. The molecule has 0 radical (unpaired) electrons. The Morgan fingerprint density at radius 3 is 2.70 bits per heavy atom. The van der Waals surface area contributed by atoms with Gasteiger partial charge in [-0.2, -0.15) is 0 Å². The Hall–Kier alpha value is -0.930. The van der Waals surface area contributed by atoms with Gasteiger partial charge in [-0.3, -0.25) is 4.79 Å². The first-order valence-corrected chi connectivity index (χ1v) is 9.02. The van der Waals surface area contributed by atoms with Crippen molar-refractivity contribution in [2.75, 3.05) is 11.5 Å². The molecule has 1 aliphatic carbocycles. The van der Waals surface area contributed by atoms with Crippen LogP contribution in [0.5, 0.6) is 0 Å². The van der Waals surface area contributed by atoms with Crippen molar-refractivity contribution >= 4 is 35.4 Å². The smallest absolute Gasteiger partial charge is 0.186 e. The molecule has 2 fully saturated rings. The van der Waals surface area contributed by atoms with Crippen LogP contribution in [0, 0.1) is 6.92 Å². The van der Waals surface area contributed by atoms with E-state index in [2.05, 4.69) is 31.2 Å². The Kier molecular flexibility index (Phi) is 4.37. The third-order valence-corrected chi connectivity index (χ3v) is 6.30. The van der Waals surface area contributed by atoms with Gasteiger partial charge in [-0.1, -0.05) is 29.8 Å². The molecule has 0 spiro atoms. The zero-order chi connectivity index (χ0) is 13.9. The van der Waals surface area contributed by atoms with Crippen LogP contribution < -0.4 is 0 Å². The van der Waals surface area contributed by atoms with Crippen molar-refractivity contribution in [3.8, 4) is 0 Å². The molecule has 1 nitrogen and oxygen atoms in total. The maximum atomic E-state index is 12.5. The summed E-state index contributed by atoms with van der Waals surface area (Å²) in [7, 11) is 0. The number of thioether (sulfide) groups is 2. The lowest BCUT2D eigenvalue weighted by Crippen LogP contribution is -2.01. The van der Waals surface area contributed by atoms with E-state index in [-0.39, 0.29) is 5.78 Å². The van der Waals surface area contributed by atoms with Gasteiger partial charge in [0.25, 0.3) is 0 Å². The number of hydrogen-bond donors (Lipinski definition) is 0. The van der Waals surface area contributed by atoms with Gasteiger partial charge in [0.2, 0.25) is 0 Å². The molecule has 2 aliphatic rings. The molecular formula is C17H18OS2. The molecule has 1 saturated heterocycles. The molecular weight excluding hydrogens is 284 g/mol. The SMILES string of the molecule is Cc1cccc(/C=C2/CCC(=C3SCCCS3)C2=O)c1. The molecule has 104 valence electrons. The van der Waals surface area contributed by atoms with E-state index >= 15 is 0 Å². The van der Waals surface area contributed by atoms with E-state index in [1.807, 2.05) is 29.6 Å².